The second kappa shape index (κ2) is 18.1. The summed E-state index contributed by atoms with van der Waals surface area (Å²) in [6, 6.07) is 22.1. The van der Waals surface area contributed by atoms with Gasteiger partial charge in [0, 0.05) is 92.6 Å². The van der Waals surface area contributed by atoms with Crippen molar-refractivity contribution in [3.63, 3.8) is 0 Å². The van der Waals surface area contributed by atoms with Gasteiger partial charge in [-0.1, -0.05) is 24.3 Å². The minimum atomic E-state index is -4.69. The van der Waals surface area contributed by atoms with Gasteiger partial charge < -0.3 is 39.0 Å². The molecule has 74 heavy (non-hydrogen) atoms. The van der Waals surface area contributed by atoms with E-state index < -0.39 is 31.4 Å². The molecule has 9 heterocycles. The van der Waals surface area contributed by atoms with Crippen molar-refractivity contribution in [1.82, 2.24) is 24.5 Å². The zero-order chi connectivity index (χ0) is 49.9. The summed E-state index contributed by atoms with van der Waals surface area (Å²) in [4.78, 5) is 44.1. The number of amides is 1. The summed E-state index contributed by atoms with van der Waals surface area (Å²) in [6.45, 7) is 6.49. The lowest BCUT2D eigenvalue weighted by Crippen LogP contribution is -2.55. The van der Waals surface area contributed by atoms with Gasteiger partial charge in [-0.2, -0.15) is 4.98 Å². The molecule has 3 aromatic carbocycles. The molecule has 7 fully saturated rings. The minimum absolute atomic E-state index is 0.0317. The molecular formula is C55H63N9O9S. The molecule has 1 spiro atoms. The topological polar surface area (TPSA) is 197 Å². The van der Waals surface area contributed by atoms with Gasteiger partial charge in [0.15, 0.2) is 11.4 Å². The average Bonchev–Trinajstić information content (AvgIpc) is 3.66. The summed E-state index contributed by atoms with van der Waals surface area (Å²) in [5, 5.41) is 16.7. The number of aromatic amines is 1. The molecule has 6 atom stereocenters. The SMILES string of the molecule is O=C(NS(=O)(=O)c1cc2c(c([N+](=O)[O-])c1)N[C@@H](CN1C[C@H]3C[C@@H]1CO3)CO2)c1ccc(N2CCC3(CC2)CC(N2CCC[C@H]2c2ccccc2C2CC2)C3)cc1N1C[C@H]2COCC[C@H]2Oc2nc3[nH]ccc3cc21. The van der Waals surface area contributed by atoms with E-state index >= 15 is 0 Å². The molecule has 7 aliphatic heterocycles. The Bertz CT molecular complexity index is 3150. The third kappa shape index (κ3) is 8.33. The Hall–Kier alpha value is -5.99. The van der Waals surface area contributed by atoms with Gasteiger partial charge in [0.25, 0.3) is 21.6 Å². The number of aromatic nitrogens is 2. The number of nitrogens with zero attached hydrogens (tertiary/aromatic N) is 6. The number of nitro groups is 1. The highest BCUT2D eigenvalue weighted by Gasteiger charge is 2.51. The number of anilines is 4. The summed E-state index contributed by atoms with van der Waals surface area (Å²) in [7, 11) is -4.69. The summed E-state index contributed by atoms with van der Waals surface area (Å²) in [5.41, 5.74) is 5.93. The van der Waals surface area contributed by atoms with Gasteiger partial charge >= 0.3 is 0 Å². The number of carbonyl (C=O) groups excluding carboxylic acids is 1. The highest BCUT2D eigenvalue weighted by Crippen LogP contribution is 2.55. The third-order valence-corrected chi connectivity index (χ3v) is 19.4. The van der Waals surface area contributed by atoms with E-state index in [4.69, 9.17) is 23.9 Å². The van der Waals surface area contributed by atoms with E-state index in [1.807, 2.05) is 35.4 Å². The van der Waals surface area contributed by atoms with E-state index in [1.54, 1.807) is 17.2 Å². The van der Waals surface area contributed by atoms with E-state index in [0.29, 0.717) is 85.8 Å². The standard InChI is InChI=1S/C55H63N9O9S/c65-53(59-74(68,69)41-23-47(64(66)67)51-50(24-41)72-31-36(57-51)28-61-29-40-21-38(61)32-71-40)44-10-9-37(22-46(44)63-27-35-30-70-19-12-49(35)73-54-48(63)20-34-11-15-56-52(34)58-54)60-17-13-55(14-18-60)25-39(26-55)62-16-3-6-45(62)43-5-2-1-4-42(43)33-7-8-33/h1-2,4-5,9-11,15,20,22-24,33,35-36,38-40,45,49,57H,3,6-8,12-14,16-19,21,25-32H2,(H,56,58)(H,59,65)/t35-,36-,38+,40+,45-,49+/m0/s1. The van der Waals surface area contributed by atoms with Crippen molar-refractivity contribution in [3.05, 3.63) is 99.7 Å². The molecule has 2 saturated carbocycles. The fourth-order valence-corrected chi connectivity index (χ4v) is 15.0. The van der Waals surface area contributed by atoms with Gasteiger partial charge in [-0.15, -0.1) is 0 Å². The van der Waals surface area contributed by atoms with Crippen molar-refractivity contribution < 1.29 is 37.1 Å². The first-order chi connectivity index (χ1) is 36.0. The van der Waals surface area contributed by atoms with E-state index in [2.05, 4.69) is 54.0 Å². The van der Waals surface area contributed by atoms with Crippen LogP contribution in [0.4, 0.5) is 28.4 Å². The van der Waals surface area contributed by atoms with Crippen molar-refractivity contribution in [2.24, 2.45) is 11.3 Å². The molecule has 3 N–H and O–H groups in total. The Morgan fingerprint density at radius 1 is 0.919 bits per heavy atom. The van der Waals surface area contributed by atoms with Crippen LogP contribution in [-0.4, -0.2) is 135 Å². The lowest BCUT2D eigenvalue weighted by molar-refractivity contribution is -0.384. The molecule has 14 rings (SSSR count). The molecule has 18 nitrogen and oxygen atoms in total. The van der Waals surface area contributed by atoms with Gasteiger partial charge in [0.2, 0.25) is 5.88 Å². The normalized spacial score (nSPS) is 27.6. The van der Waals surface area contributed by atoms with Crippen LogP contribution in [0.1, 0.15) is 97.7 Å². The quantitative estimate of drug-likeness (QED) is 0.0862. The maximum absolute atomic E-state index is 14.8. The Kier molecular flexibility index (Phi) is 11.4. The highest BCUT2D eigenvalue weighted by atomic mass is 32.2. The van der Waals surface area contributed by atoms with Gasteiger partial charge in [-0.25, -0.2) is 13.1 Å². The van der Waals surface area contributed by atoms with E-state index in [-0.39, 0.29) is 47.8 Å². The number of piperidine rings is 1. The number of benzene rings is 3. The average molecular weight is 1030 g/mol. The van der Waals surface area contributed by atoms with Crippen molar-refractivity contribution in [2.45, 2.75) is 111 Å². The maximum Gasteiger partial charge on any atom is 0.297 e. The second-order valence-electron chi connectivity index (χ2n) is 22.6. The zero-order valence-corrected chi connectivity index (χ0v) is 42.3. The largest absolute Gasteiger partial charge is 0.489 e. The summed E-state index contributed by atoms with van der Waals surface area (Å²) in [5.74, 6) is 0.200. The number of sulfonamides is 1. The molecule has 0 unspecified atom stereocenters. The predicted octanol–water partition coefficient (Wildman–Crippen LogP) is 7.63. The Balaban J connectivity index is 0.747. The number of H-pyrrole nitrogens is 1. The van der Waals surface area contributed by atoms with Crippen molar-refractivity contribution in [3.8, 4) is 11.6 Å². The Labute approximate surface area is 430 Å². The lowest BCUT2D eigenvalue weighted by atomic mass is 9.59. The highest BCUT2D eigenvalue weighted by molar-refractivity contribution is 7.90. The van der Waals surface area contributed by atoms with Gasteiger partial charge in [-0.3, -0.25) is 24.7 Å². The molecule has 2 aliphatic carbocycles. The van der Waals surface area contributed by atoms with Crippen molar-refractivity contribution in [1.29, 1.82) is 0 Å². The molecule has 19 heteroatoms. The number of fused-ring (bicyclic) bond motifs is 6. The van der Waals surface area contributed by atoms with Crippen LogP contribution in [-0.2, 0) is 19.5 Å². The molecule has 1 amide bonds. The molecule has 5 aromatic rings. The number of hydrogen-bond donors (Lipinski definition) is 3. The number of rotatable bonds is 11. The third-order valence-electron chi connectivity index (χ3n) is 18.1. The van der Waals surface area contributed by atoms with Crippen LogP contribution >= 0.6 is 0 Å². The first-order valence-corrected chi connectivity index (χ1v) is 28.4. The zero-order valence-electron chi connectivity index (χ0n) is 41.5. The smallest absolute Gasteiger partial charge is 0.297 e. The predicted molar refractivity (Wildman–Crippen MR) is 277 cm³/mol. The first-order valence-electron chi connectivity index (χ1n) is 26.9. The van der Waals surface area contributed by atoms with Crippen LogP contribution in [0.5, 0.6) is 11.6 Å². The molecular weight excluding hydrogens is 963 g/mol. The Morgan fingerprint density at radius 3 is 2.57 bits per heavy atom. The molecule has 388 valence electrons. The number of nitro benzene ring substituents is 1. The first kappa shape index (κ1) is 46.5. The monoisotopic (exact) mass is 1030 g/mol. The maximum atomic E-state index is 14.8. The van der Waals surface area contributed by atoms with Crippen LogP contribution in [0.2, 0.25) is 0 Å². The molecule has 2 aromatic heterocycles. The van der Waals surface area contributed by atoms with E-state index in [1.165, 1.54) is 51.1 Å². The number of nitrogens with one attached hydrogen (secondary N) is 3. The fourth-order valence-electron chi connectivity index (χ4n) is 14.0. The van der Waals surface area contributed by atoms with Crippen LogP contribution in [0.15, 0.2) is 77.8 Å². The molecule has 2 bridgehead atoms. The summed E-state index contributed by atoms with van der Waals surface area (Å²) in [6.07, 6.45) is 13.1. The number of hydrogen-bond acceptors (Lipinski definition) is 15. The number of likely N-dealkylation sites (tertiary alicyclic amines) is 2. The fraction of sp³-hybridized carbons (Fsp3) is 0.527. The number of pyridine rings is 1. The number of ether oxygens (including phenoxy) is 4. The number of morpholine rings is 1. The molecule has 9 aliphatic rings. The molecule has 5 saturated heterocycles. The lowest BCUT2D eigenvalue weighted by Gasteiger charge is -2.56. The van der Waals surface area contributed by atoms with Crippen LogP contribution < -0.4 is 29.3 Å². The van der Waals surface area contributed by atoms with Gasteiger partial charge in [0.05, 0.1) is 53.0 Å². The van der Waals surface area contributed by atoms with Crippen molar-refractivity contribution >= 4 is 55.4 Å². The van der Waals surface area contributed by atoms with Crippen LogP contribution in [0.25, 0.3) is 11.0 Å². The Morgan fingerprint density at radius 2 is 1.77 bits per heavy atom. The molecule has 0 radical (unpaired) electrons. The van der Waals surface area contributed by atoms with Gasteiger partial charge in [0.1, 0.15) is 24.0 Å². The van der Waals surface area contributed by atoms with E-state index in [0.717, 1.165) is 62.0 Å². The van der Waals surface area contributed by atoms with E-state index in [9.17, 15) is 23.3 Å². The van der Waals surface area contributed by atoms with Crippen LogP contribution in [0.3, 0.4) is 0 Å². The summed E-state index contributed by atoms with van der Waals surface area (Å²) < 4.78 is 55.7. The van der Waals surface area contributed by atoms with Crippen molar-refractivity contribution in [2.75, 3.05) is 80.8 Å². The number of carbonyl (C=O) groups is 1. The van der Waals surface area contributed by atoms with Gasteiger partial charge in [-0.05, 0) is 117 Å². The minimum Gasteiger partial charge on any atom is -0.489 e. The van der Waals surface area contributed by atoms with Crippen LogP contribution in [0, 0.1) is 21.4 Å². The second-order valence-corrected chi connectivity index (χ2v) is 24.3. The summed E-state index contributed by atoms with van der Waals surface area (Å²) >= 11 is 0.